The number of nitrogens with two attached hydrogens (primary N) is 1. The van der Waals surface area contributed by atoms with Crippen molar-refractivity contribution in [2.45, 2.75) is 26.4 Å². The third-order valence-corrected chi connectivity index (χ3v) is 3.43. The van der Waals surface area contributed by atoms with Gasteiger partial charge in [-0.25, -0.2) is 9.79 Å². The number of benzene rings is 2. The molecular formula is C19H26IN5O2. The third kappa shape index (κ3) is 8.16. The van der Waals surface area contributed by atoms with Crippen LogP contribution in [-0.4, -0.2) is 25.1 Å². The van der Waals surface area contributed by atoms with E-state index in [0.717, 1.165) is 22.7 Å². The highest BCUT2D eigenvalue weighted by atomic mass is 127. The van der Waals surface area contributed by atoms with Crippen LogP contribution in [0.25, 0.3) is 0 Å². The minimum Gasteiger partial charge on any atom is -0.497 e. The summed E-state index contributed by atoms with van der Waals surface area (Å²) < 4.78 is 5.11. The number of methoxy groups -OCH3 is 1. The van der Waals surface area contributed by atoms with Crippen molar-refractivity contribution in [2.75, 3.05) is 17.7 Å². The number of carbonyl (C=O) groups excluding carboxylic acids is 1. The second-order valence-corrected chi connectivity index (χ2v) is 6.01. The Morgan fingerprint density at radius 1 is 1.04 bits per heavy atom. The molecule has 27 heavy (non-hydrogen) atoms. The lowest BCUT2D eigenvalue weighted by Gasteiger charge is -2.10. The lowest BCUT2D eigenvalue weighted by Crippen LogP contribution is -2.34. The summed E-state index contributed by atoms with van der Waals surface area (Å²) in [6, 6.07) is 14.7. The molecule has 0 bridgehead atoms. The van der Waals surface area contributed by atoms with Crippen LogP contribution in [0.5, 0.6) is 5.75 Å². The number of rotatable bonds is 6. The van der Waals surface area contributed by atoms with Crippen molar-refractivity contribution in [2.24, 2.45) is 10.7 Å². The highest BCUT2D eigenvalue weighted by molar-refractivity contribution is 14.0. The maximum Gasteiger partial charge on any atom is 0.319 e. The number of guanidine groups is 1. The Hall–Kier alpha value is -2.49. The molecule has 0 aliphatic rings. The molecule has 0 unspecified atom stereocenters. The zero-order valence-electron chi connectivity index (χ0n) is 15.7. The van der Waals surface area contributed by atoms with Crippen LogP contribution in [0.15, 0.2) is 53.5 Å². The Bertz CT molecular complexity index is 746. The molecule has 0 fully saturated rings. The van der Waals surface area contributed by atoms with Gasteiger partial charge < -0.3 is 26.4 Å². The van der Waals surface area contributed by atoms with Crippen molar-refractivity contribution in [3.05, 3.63) is 54.1 Å². The van der Waals surface area contributed by atoms with Crippen LogP contribution in [0.3, 0.4) is 0 Å². The fourth-order valence-electron chi connectivity index (χ4n) is 2.16. The minimum absolute atomic E-state index is 0. The fraction of sp³-hybridized carbons (Fsp3) is 0.263. The first kappa shape index (κ1) is 22.6. The first-order chi connectivity index (χ1) is 12.5. The van der Waals surface area contributed by atoms with Crippen LogP contribution < -0.4 is 26.4 Å². The van der Waals surface area contributed by atoms with E-state index in [1.807, 2.05) is 62.4 Å². The average Bonchev–Trinajstić information content (AvgIpc) is 2.61. The Kier molecular flexibility index (Phi) is 9.41. The quantitative estimate of drug-likeness (QED) is 0.286. The van der Waals surface area contributed by atoms with Crippen LogP contribution in [0.4, 0.5) is 16.2 Å². The first-order valence-corrected chi connectivity index (χ1v) is 8.33. The number of ether oxygens (including phenoxy) is 1. The van der Waals surface area contributed by atoms with Crippen LogP contribution in [0.1, 0.15) is 19.4 Å². The van der Waals surface area contributed by atoms with E-state index in [2.05, 4.69) is 20.9 Å². The van der Waals surface area contributed by atoms with Crippen LogP contribution >= 0.6 is 24.0 Å². The summed E-state index contributed by atoms with van der Waals surface area (Å²) in [4.78, 5) is 16.0. The molecule has 0 saturated heterocycles. The maximum atomic E-state index is 11.7. The van der Waals surface area contributed by atoms with Crippen molar-refractivity contribution >= 4 is 47.3 Å². The molecule has 146 valence electrons. The summed E-state index contributed by atoms with van der Waals surface area (Å²) >= 11 is 0. The molecule has 0 saturated carbocycles. The summed E-state index contributed by atoms with van der Waals surface area (Å²) in [5, 5.41) is 8.57. The largest absolute Gasteiger partial charge is 0.497 e. The standard InChI is InChI=1S/C19H25N5O2.HI/c1-13(2)22-19(25)24-16-6-4-14(5-7-16)12-21-18(20)23-15-8-10-17(26-3)11-9-15;/h4-11,13H,12H2,1-3H3,(H3,20,21,23)(H2,22,24,25);1H. The van der Waals surface area contributed by atoms with Gasteiger partial charge >= 0.3 is 6.03 Å². The van der Waals surface area contributed by atoms with Gasteiger partial charge in [0.05, 0.1) is 13.7 Å². The number of hydrogen-bond donors (Lipinski definition) is 4. The molecule has 0 aliphatic carbocycles. The Balaban J connectivity index is 0.00000364. The number of carbonyl (C=O) groups is 1. The molecule has 2 aromatic carbocycles. The second kappa shape index (κ2) is 11.3. The molecule has 0 heterocycles. The Labute approximate surface area is 176 Å². The van der Waals surface area contributed by atoms with E-state index in [1.165, 1.54) is 0 Å². The summed E-state index contributed by atoms with van der Waals surface area (Å²) in [6.45, 7) is 4.25. The zero-order chi connectivity index (χ0) is 18.9. The number of amides is 2. The number of aliphatic imine (C=N–C) groups is 1. The van der Waals surface area contributed by atoms with E-state index in [0.29, 0.717) is 12.5 Å². The summed E-state index contributed by atoms with van der Waals surface area (Å²) in [6.07, 6.45) is 0. The molecule has 8 heteroatoms. The van der Waals surface area contributed by atoms with Crippen molar-refractivity contribution in [1.29, 1.82) is 0 Å². The van der Waals surface area contributed by atoms with Gasteiger partial charge in [-0.2, -0.15) is 0 Å². The highest BCUT2D eigenvalue weighted by Gasteiger charge is 2.03. The Morgan fingerprint density at radius 3 is 2.15 bits per heavy atom. The van der Waals surface area contributed by atoms with Gasteiger partial charge in [-0.05, 0) is 55.8 Å². The van der Waals surface area contributed by atoms with Crippen LogP contribution in [0, 0.1) is 0 Å². The zero-order valence-corrected chi connectivity index (χ0v) is 18.0. The van der Waals surface area contributed by atoms with E-state index in [9.17, 15) is 4.79 Å². The molecule has 0 aromatic heterocycles. The third-order valence-electron chi connectivity index (χ3n) is 3.43. The molecule has 0 radical (unpaired) electrons. The van der Waals surface area contributed by atoms with Crippen molar-refractivity contribution in [1.82, 2.24) is 5.32 Å². The molecule has 7 nitrogen and oxygen atoms in total. The van der Waals surface area contributed by atoms with Gasteiger partial charge in [0.25, 0.3) is 0 Å². The van der Waals surface area contributed by atoms with Gasteiger partial charge in [0.2, 0.25) is 0 Å². The predicted molar refractivity (Wildman–Crippen MR) is 121 cm³/mol. The second-order valence-electron chi connectivity index (χ2n) is 6.01. The number of urea groups is 1. The number of nitrogens with one attached hydrogen (secondary N) is 3. The summed E-state index contributed by atoms with van der Waals surface area (Å²) in [7, 11) is 1.62. The molecule has 0 aliphatic heterocycles. The van der Waals surface area contributed by atoms with Gasteiger partial charge in [-0.15, -0.1) is 24.0 Å². The van der Waals surface area contributed by atoms with Gasteiger partial charge in [-0.3, -0.25) is 0 Å². The van der Waals surface area contributed by atoms with Crippen molar-refractivity contribution < 1.29 is 9.53 Å². The van der Waals surface area contributed by atoms with Crippen LogP contribution in [0.2, 0.25) is 0 Å². The van der Waals surface area contributed by atoms with E-state index >= 15 is 0 Å². The molecule has 2 amide bonds. The monoisotopic (exact) mass is 483 g/mol. The topological polar surface area (TPSA) is 101 Å². The molecular weight excluding hydrogens is 457 g/mol. The average molecular weight is 483 g/mol. The number of anilines is 2. The Morgan fingerprint density at radius 2 is 1.59 bits per heavy atom. The van der Waals surface area contributed by atoms with Gasteiger partial charge in [-0.1, -0.05) is 12.1 Å². The first-order valence-electron chi connectivity index (χ1n) is 8.33. The number of halogens is 1. The lowest BCUT2D eigenvalue weighted by molar-refractivity contribution is 0.250. The van der Waals surface area contributed by atoms with Gasteiger partial charge in [0.1, 0.15) is 5.75 Å². The van der Waals surface area contributed by atoms with E-state index in [1.54, 1.807) is 7.11 Å². The predicted octanol–water partition coefficient (Wildman–Crippen LogP) is 3.77. The fourth-order valence-corrected chi connectivity index (χ4v) is 2.16. The summed E-state index contributed by atoms with van der Waals surface area (Å²) in [5.41, 5.74) is 8.45. The molecule has 5 N–H and O–H groups in total. The van der Waals surface area contributed by atoms with E-state index in [-0.39, 0.29) is 36.0 Å². The maximum absolute atomic E-state index is 11.7. The summed E-state index contributed by atoms with van der Waals surface area (Å²) in [5.74, 6) is 1.11. The SMILES string of the molecule is COc1ccc(NC(N)=NCc2ccc(NC(=O)NC(C)C)cc2)cc1.I. The lowest BCUT2D eigenvalue weighted by atomic mass is 10.2. The molecule has 2 aromatic rings. The van der Waals surface area contributed by atoms with Gasteiger partial charge in [0.15, 0.2) is 5.96 Å². The molecule has 0 atom stereocenters. The highest BCUT2D eigenvalue weighted by Crippen LogP contribution is 2.15. The van der Waals surface area contributed by atoms with Crippen molar-refractivity contribution in [3.8, 4) is 5.75 Å². The molecule has 0 spiro atoms. The number of hydrogen-bond acceptors (Lipinski definition) is 3. The molecule has 2 rings (SSSR count). The minimum atomic E-state index is -0.223. The van der Waals surface area contributed by atoms with Crippen molar-refractivity contribution in [3.63, 3.8) is 0 Å². The van der Waals surface area contributed by atoms with Gasteiger partial charge in [0, 0.05) is 17.4 Å². The van der Waals surface area contributed by atoms with E-state index in [4.69, 9.17) is 10.5 Å². The number of nitrogens with zero attached hydrogens (tertiary/aromatic N) is 1. The van der Waals surface area contributed by atoms with Crippen LogP contribution in [-0.2, 0) is 6.54 Å². The van der Waals surface area contributed by atoms with E-state index < -0.39 is 0 Å². The smallest absolute Gasteiger partial charge is 0.319 e. The normalized spacial score (nSPS) is 10.7.